The van der Waals surface area contributed by atoms with Crippen molar-refractivity contribution < 1.29 is 240 Å². The molecule has 2 aromatic carbocycles. The van der Waals surface area contributed by atoms with Gasteiger partial charge < -0.3 is 24.7 Å². The van der Waals surface area contributed by atoms with Crippen molar-refractivity contribution in [3.63, 3.8) is 0 Å². The third-order valence-electron chi connectivity index (χ3n) is 3.89. The number of rotatable bonds is 3. The normalized spacial score (nSPS) is 7.44. The molecule has 0 spiro atoms. The minimum Gasteiger partial charge on any atom is -0.694 e. The fourth-order valence-electron chi connectivity index (χ4n) is 2.66. The molecule has 0 N–H and O–H groups in total. The Kier molecular flexibility index (Phi) is 43.6. The Balaban J connectivity index is -0.000000245. The first kappa shape index (κ1) is 49.5. The van der Waals surface area contributed by atoms with Gasteiger partial charge in [0.25, 0.3) is 0 Å². The standard InChI is InChI=1S/C22H14N2.2C3H3.6Th/c1-3-7-17(8-4-1)19-11-13-23-21(15-19)22-16-20(12-14-24-22)18-9-5-2-6-10-18;2*1-3-2;;;;;;/h3-16H;2*1H3;;;;;;/q-2;2*-1;;;;;2*+2. The smallest absolute Gasteiger partial charge is 0.694 e. The maximum Gasteiger partial charge on any atom is 2.00 e. The van der Waals surface area contributed by atoms with Gasteiger partial charge in [-0.2, -0.15) is 60.7 Å². The van der Waals surface area contributed by atoms with Crippen molar-refractivity contribution in [1.29, 1.82) is 0 Å². The van der Waals surface area contributed by atoms with Gasteiger partial charge in [0.1, 0.15) is 0 Å². The third kappa shape index (κ3) is 19.1. The number of hydrogen-bond donors (Lipinski definition) is 0. The Morgan fingerprint density at radius 3 is 1.11 bits per heavy atom. The molecule has 0 amide bonds. The van der Waals surface area contributed by atoms with E-state index in [0.717, 1.165) is 33.6 Å². The molecule has 0 saturated carbocycles. The number of pyridine rings is 2. The monoisotopic (exact) mass is 1780 g/mol. The van der Waals surface area contributed by atoms with Gasteiger partial charge in [-0.1, -0.05) is 0 Å². The van der Waals surface area contributed by atoms with Gasteiger partial charge in [-0.3, -0.25) is 9.97 Å². The summed E-state index contributed by atoms with van der Waals surface area (Å²) in [6.07, 6.45) is 15.6. The minimum absolute atomic E-state index is 0. The molecule has 0 saturated heterocycles. The molecule has 36 heavy (non-hydrogen) atoms. The van der Waals surface area contributed by atoms with Gasteiger partial charge in [0.15, 0.2) is 0 Å². The van der Waals surface area contributed by atoms with Crippen molar-refractivity contribution in [2.75, 3.05) is 0 Å². The fraction of sp³-hybridized carbons (Fsp3) is 0.0714. The van der Waals surface area contributed by atoms with Crippen molar-refractivity contribution >= 4 is 0 Å². The van der Waals surface area contributed by atoms with Crippen LogP contribution in [0.3, 0.4) is 0 Å². The number of hydrogen-bond acceptors (Lipinski definition) is 2. The Hall–Kier alpha value is 3.81. The van der Waals surface area contributed by atoms with Gasteiger partial charge >= 0.3 is 79.9 Å². The molecule has 0 bridgehead atoms. The quantitative estimate of drug-likeness (QED) is 0.179. The summed E-state index contributed by atoms with van der Waals surface area (Å²) in [6.45, 7) is 3.08. The average molecular weight is 1780 g/mol. The second-order valence-corrected chi connectivity index (χ2v) is 5.94. The van der Waals surface area contributed by atoms with Crippen LogP contribution in [-0.2, 0) is 0 Å². The largest absolute Gasteiger partial charge is 2.00 e. The van der Waals surface area contributed by atoms with Crippen LogP contribution in [0.1, 0.15) is 13.8 Å². The molecule has 8 heteroatoms. The zero-order chi connectivity index (χ0) is 21.6. The SMILES string of the molecule is [C-]#CC.[C-]#CC.[Th+2].[Th+2].[Th].[Th].[Th].[Th].[c-]1ccc(-c2ccnc(-c3cc(-c4cc[c-]cc4)ccn3)c2)cc1. The zero-order valence-electron chi connectivity index (χ0n) is 20.0. The zero-order valence-corrected chi connectivity index (χ0v) is 44.6. The molecule has 2 nitrogen and oxygen atoms in total. The van der Waals surface area contributed by atoms with E-state index >= 15 is 0 Å². The predicted octanol–water partition coefficient (Wildman–Crippen LogP) is 6.27. The molecule has 0 unspecified atom stereocenters. The minimum atomic E-state index is 0. The fourth-order valence-corrected chi connectivity index (χ4v) is 2.66. The van der Waals surface area contributed by atoms with Crippen LogP contribution < -0.4 is 0 Å². The van der Waals surface area contributed by atoms with Crippen LogP contribution in [0.4, 0.5) is 0 Å². The van der Waals surface area contributed by atoms with Gasteiger partial charge in [-0.25, -0.2) is 0 Å². The van der Waals surface area contributed by atoms with Crippen molar-refractivity contribution in [3.05, 3.63) is 110 Å². The van der Waals surface area contributed by atoms with Crippen LogP contribution in [0.5, 0.6) is 0 Å². The molecular weight excluding hydrogens is 1760 g/mol. The first-order chi connectivity index (χ1) is 14.7. The number of aromatic nitrogens is 2. The Bertz CT molecular complexity index is 1050. The number of benzene rings is 2. The summed E-state index contributed by atoms with van der Waals surface area (Å²) < 4.78 is 0. The van der Waals surface area contributed by atoms with Gasteiger partial charge in [0.05, 0.1) is 11.4 Å². The van der Waals surface area contributed by atoms with Crippen molar-refractivity contribution in [1.82, 2.24) is 9.97 Å². The van der Waals surface area contributed by atoms with Crippen LogP contribution in [0.15, 0.2) is 85.2 Å². The molecule has 0 aliphatic heterocycles. The van der Waals surface area contributed by atoms with Gasteiger partial charge in [0.2, 0.25) is 0 Å². The summed E-state index contributed by atoms with van der Waals surface area (Å²) in [6, 6.07) is 30.1. The van der Waals surface area contributed by atoms with Crippen LogP contribution in [0.25, 0.3) is 33.6 Å². The third-order valence-corrected chi connectivity index (χ3v) is 3.89. The van der Waals surface area contributed by atoms with Gasteiger partial charge in [-0.05, 0) is 49.2 Å². The molecule has 0 aliphatic rings. The van der Waals surface area contributed by atoms with E-state index in [1.165, 1.54) is 0 Å². The molecule has 0 fully saturated rings. The Labute approximate surface area is 408 Å². The first-order valence-corrected chi connectivity index (χ1v) is 9.26. The van der Waals surface area contributed by atoms with E-state index in [-0.39, 0.29) is 240 Å². The summed E-state index contributed by atoms with van der Waals surface area (Å²) in [4.78, 5) is 8.99. The molecular formula is C28H20N2Th6. The summed E-state index contributed by atoms with van der Waals surface area (Å²) in [7, 11) is 0. The predicted molar refractivity (Wildman–Crippen MR) is 122 cm³/mol. The topological polar surface area (TPSA) is 25.8 Å². The summed E-state index contributed by atoms with van der Waals surface area (Å²) in [5, 5.41) is 0. The number of nitrogens with zero attached hydrogens (tertiary/aromatic N) is 2. The van der Waals surface area contributed by atoms with E-state index in [9.17, 15) is 0 Å². The molecule has 4 aromatic rings. The average Bonchev–Trinajstić information content (AvgIpc) is 2.81. The maximum atomic E-state index is 5.96. The molecule has 0 atom stereocenters. The molecule has 2 aromatic heterocycles. The summed E-state index contributed by atoms with van der Waals surface area (Å²) in [5.41, 5.74) is 6.26. The van der Waals surface area contributed by atoms with Crippen LogP contribution in [-0.4, -0.2) is 9.97 Å². The maximum absolute atomic E-state index is 5.96. The van der Waals surface area contributed by atoms with E-state index in [1.807, 2.05) is 84.9 Å². The first-order valence-electron chi connectivity index (χ1n) is 9.26. The van der Waals surface area contributed by atoms with Crippen molar-refractivity contribution in [2.24, 2.45) is 0 Å². The molecule has 0 aliphatic carbocycles. The Morgan fingerprint density at radius 2 is 0.833 bits per heavy atom. The van der Waals surface area contributed by atoms with E-state index in [1.54, 1.807) is 13.8 Å². The summed E-state index contributed by atoms with van der Waals surface area (Å²) in [5.74, 6) is 4.00. The van der Waals surface area contributed by atoms with Crippen LogP contribution in [0.2, 0.25) is 0 Å². The summed E-state index contributed by atoms with van der Waals surface area (Å²) >= 11 is 0. The van der Waals surface area contributed by atoms with E-state index < -0.39 is 0 Å². The van der Waals surface area contributed by atoms with Crippen molar-refractivity contribution in [3.8, 4) is 45.5 Å². The van der Waals surface area contributed by atoms with E-state index in [4.69, 9.17) is 12.8 Å². The molecule has 2 heterocycles. The van der Waals surface area contributed by atoms with Gasteiger partial charge in [0, 0.05) is 172 Å². The van der Waals surface area contributed by atoms with E-state index in [2.05, 4.69) is 34.2 Å². The second-order valence-electron chi connectivity index (χ2n) is 5.94. The van der Waals surface area contributed by atoms with Gasteiger partial charge in [-0.15, -0.1) is 11.1 Å². The van der Waals surface area contributed by atoms with Crippen molar-refractivity contribution in [2.45, 2.75) is 13.8 Å². The van der Waals surface area contributed by atoms with Crippen LogP contribution in [0, 0.1) is 276 Å². The van der Waals surface area contributed by atoms with Crippen LogP contribution >= 0.6 is 0 Å². The molecule has 0 radical (unpaired) electrons. The Morgan fingerprint density at radius 1 is 0.556 bits per heavy atom. The van der Waals surface area contributed by atoms with E-state index in [0.29, 0.717) is 0 Å². The second kappa shape index (κ2) is 31.7. The molecule has 4 rings (SSSR count). The molecule has 166 valence electrons.